The van der Waals surface area contributed by atoms with Gasteiger partial charge in [-0.3, -0.25) is 4.68 Å². The molecule has 96 valence electrons. The van der Waals surface area contributed by atoms with Crippen molar-refractivity contribution in [3.8, 4) is 0 Å². The zero-order valence-electron chi connectivity index (χ0n) is 9.98. The predicted octanol–water partition coefficient (Wildman–Crippen LogP) is 3.08. The molecule has 0 radical (unpaired) electrons. The highest BCUT2D eigenvalue weighted by molar-refractivity contribution is 9.10. The molecule has 3 nitrogen and oxygen atoms in total. The molecule has 0 saturated carbocycles. The van der Waals surface area contributed by atoms with Gasteiger partial charge in [0.15, 0.2) is 0 Å². The summed E-state index contributed by atoms with van der Waals surface area (Å²) in [5.74, 6) is -0.350. The van der Waals surface area contributed by atoms with Gasteiger partial charge >= 0.3 is 0 Å². The van der Waals surface area contributed by atoms with Crippen LogP contribution >= 0.6 is 15.9 Å². The largest absolute Gasteiger partial charge is 0.388 e. The molecule has 2 rings (SSSR count). The summed E-state index contributed by atoms with van der Waals surface area (Å²) in [4.78, 5) is 0. The number of aryl methyl sites for hydroxylation is 1. The summed E-state index contributed by atoms with van der Waals surface area (Å²) in [6.07, 6.45) is 3.28. The Morgan fingerprint density at radius 3 is 2.94 bits per heavy atom. The van der Waals surface area contributed by atoms with Crippen LogP contribution < -0.4 is 0 Å². The fourth-order valence-corrected chi connectivity index (χ4v) is 2.30. The molecule has 1 unspecified atom stereocenters. The number of nitrogens with zero attached hydrogens (tertiary/aromatic N) is 2. The molecule has 1 heterocycles. The first-order valence-corrected chi connectivity index (χ1v) is 6.53. The second-order valence-electron chi connectivity index (χ2n) is 4.09. The van der Waals surface area contributed by atoms with Gasteiger partial charge in [0, 0.05) is 23.6 Å². The molecule has 5 heteroatoms. The Balaban J connectivity index is 2.16. The molecule has 0 bridgehead atoms. The average Bonchev–Trinajstić information content (AvgIpc) is 2.80. The van der Waals surface area contributed by atoms with Crippen LogP contribution in [-0.4, -0.2) is 14.9 Å². The maximum atomic E-state index is 13.2. The molecule has 0 aliphatic heterocycles. The molecular formula is C13H14BrFN2O. The summed E-state index contributed by atoms with van der Waals surface area (Å²) in [7, 11) is 0. The van der Waals surface area contributed by atoms with Crippen molar-refractivity contribution in [1.29, 1.82) is 0 Å². The van der Waals surface area contributed by atoms with Crippen LogP contribution in [0.1, 0.15) is 24.2 Å². The summed E-state index contributed by atoms with van der Waals surface area (Å²) < 4.78 is 15.7. The smallest absolute Gasteiger partial charge is 0.123 e. The highest BCUT2D eigenvalue weighted by Crippen LogP contribution is 2.26. The number of hydrogen-bond donors (Lipinski definition) is 1. The number of rotatable bonds is 4. The van der Waals surface area contributed by atoms with Crippen LogP contribution in [0.4, 0.5) is 4.39 Å². The van der Waals surface area contributed by atoms with E-state index in [2.05, 4.69) is 21.0 Å². The lowest BCUT2D eigenvalue weighted by Crippen LogP contribution is -2.03. The topological polar surface area (TPSA) is 38.0 Å². The number of aromatic nitrogens is 2. The van der Waals surface area contributed by atoms with E-state index in [0.29, 0.717) is 16.5 Å². The van der Waals surface area contributed by atoms with Crippen molar-refractivity contribution in [3.05, 3.63) is 52.0 Å². The molecule has 18 heavy (non-hydrogen) atoms. The van der Waals surface area contributed by atoms with Crippen LogP contribution in [0.15, 0.2) is 35.1 Å². The van der Waals surface area contributed by atoms with E-state index in [1.54, 1.807) is 16.9 Å². The highest BCUT2D eigenvalue weighted by Gasteiger charge is 2.14. The first-order valence-electron chi connectivity index (χ1n) is 5.74. The van der Waals surface area contributed by atoms with Gasteiger partial charge < -0.3 is 5.11 Å². The molecule has 1 aromatic heterocycles. The Morgan fingerprint density at radius 2 is 2.28 bits per heavy atom. The summed E-state index contributed by atoms with van der Waals surface area (Å²) in [5, 5.41) is 14.3. The first-order chi connectivity index (χ1) is 8.60. The quantitative estimate of drug-likeness (QED) is 0.942. The van der Waals surface area contributed by atoms with E-state index in [0.717, 1.165) is 12.1 Å². The van der Waals surface area contributed by atoms with Crippen LogP contribution in [-0.2, 0) is 13.0 Å². The number of halogens is 2. The highest BCUT2D eigenvalue weighted by atomic mass is 79.9. The number of aliphatic hydroxyl groups excluding tert-OH is 1. The van der Waals surface area contributed by atoms with Crippen molar-refractivity contribution in [2.24, 2.45) is 0 Å². The molecule has 0 amide bonds. The molecule has 0 fully saturated rings. The molecule has 1 aromatic carbocycles. The molecule has 1 atom stereocenters. The lowest BCUT2D eigenvalue weighted by molar-refractivity contribution is 0.177. The third-order valence-electron chi connectivity index (χ3n) is 2.76. The molecule has 0 aliphatic carbocycles. The predicted molar refractivity (Wildman–Crippen MR) is 70.7 cm³/mol. The van der Waals surface area contributed by atoms with Gasteiger partial charge in [0.1, 0.15) is 5.82 Å². The van der Waals surface area contributed by atoms with Gasteiger partial charge in [0.25, 0.3) is 0 Å². The molecule has 0 aliphatic rings. The van der Waals surface area contributed by atoms with Crippen LogP contribution in [0.5, 0.6) is 0 Å². The van der Waals surface area contributed by atoms with E-state index in [9.17, 15) is 9.50 Å². The Kier molecular flexibility index (Phi) is 4.14. The van der Waals surface area contributed by atoms with Crippen LogP contribution in [0.2, 0.25) is 0 Å². The monoisotopic (exact) mass is 312 g/mol. The van der Waals surface area contributed by atoms with Crippen molar-refractivity contribution >= 4 is 15.9 Å². The van der Waals surface area contributed by atoms with Gasteiger partial charge in [0.2, 0.25) is 0 Å². The second kappa shape index (κ2) is 5.63. The Labute approximate surface area is 113 Å². The lowest BCUT2D eigenvalue weighted by atomic mass is 10.0. The van der Waals surface area contributed by atoms with Gasteiger partial charge in [-0.15, -0.1) is 0 Å². The number of benzene rings is 1. The van der Waals surface area contributed by atoms with E-state index in [4.69, 9.17) is 0 Å². The van der Waals surface area contributed by atoms with E-state index in [-0.39, 0.29) is 5.82 Å². The van der Waals surface area contributed by atoms with E-state index < -0.39 is 6.10 Å². The SMILES string of the molecule is CCn1cc(CC(O)c2cc(F)ccc2Br)cn1. The summed E-state index contributed by atoms with van der Waals surface area (Å²) in [5.41, 5.74) is 1.49. The molecule has 1 N–H and O–H groups in total. The number of hydrogen-bond acceptors (Lipinski definition) is 2. The normalized spacial score (nSPS) is 12.7. The molecule has 0 spiro atoms. The fraction of sp³-hybridized carbons (Fsp3) is 0.308. The van der Waals surface area contributed by atoms with Gasteiger partial charge in [-0.2, -0.15) is 5.10 Å². The Hall–Kier alpha value is -1.20. The van der Waals surface area contributed by atoms with Crippen molar-refractivity contribution in [3.63, 3.8) is 0 Å². The van der Waals surface area contributed by atoms with E-state index in [1.807, 2.05) is 13.1 Å². The van der Waals surface area contributed by atoms with Crippen molar-refractivity contribution < 1.29 is 9.50 Å². The Morgan fingerprint density at radius 1 is 1.50 bits per heavy atom. The molecule has 0 saturated heterocycles. The minimum Gasteiger partial charge on any atom is -0.388 e. The summed E-state index contributed by atoms with van der Waals surface area (Å²) in [6.45, 7) is 2.79. The van der Waals surface area contributed by atoms with Crippen molar-refractivity contribution in [2.75, 3.05) is 0 Å². The van der Waals surface area contributed by atoms with Gasteiger partial charge in [-0.05, 0) is 36.2 Å². The summed E-state index contributed by atoms with van der Waals surface area (Å²) >= 11 is 3.32. The van der Waals surface area contributed by atoms with Gasteiger partial charge in [-0.1, -0.05) is 15.9 Å². The number of aliphatic hydroxyl groups is 1. The van der Waals surface area contributed by atoms with Crippen LogP contribution in [0.25, 0.3) is 0 Å². The maximum Gasteiger partial charge on any atom is 0.123 e. The zero-order chi connectivity index (χ0) is 13.1. The summed E-state index contributed by atoms with van der Waals surface area (Å²) in [6, 6.07) is 4.30. The minimum absolute atomic E-state index is 0.350. The molecular weight excluding hydrogens is 299 g/mol. The lowest BCUT2D eigenvalue weighted by Gasteiger charge is -2.11. The van der Waals surface area contributed by atoms with Crippen LogP contribution in [0.3, 0.4) is 0 Å². The maximum absolute atomic E-state index is 13.2. The average molecular weight is 313 g/mol. The minimum atomic E-state index is -0.746. The second-order valence-corrected chi connectivity index (χ2v) is 4.94. The third-order valence-corrected chi connectivity index (χ3v) is 3.48. The fourth-order valence-electron chi connectivity index (χ4n) is 1.79. The van der Waals surface area contributed by atoms with E-state index in [1.165, 1.54) is 12.1 Å². The van der Waals surface area contributed by atoms with Crippen molar-refractivity contribution in [2.45, 2.75) is 26.0 Å². The van der Waals surface area contributed by atoms with Gasteiger partial charge in [0.05, 0.1) is 12.3 Å². The Bertz CT molecular complexity index is 542. The standard InChI is InChI=1S/C13H14BrFN2O/c1-2-17-8-9(7-16-17)5-13(18)11-6-10(15)3-4-12(11)14/h3-4,6-8,13,18H,2,5H2,1H3. The third kappa shape index (κ3) is 2.97. The zero-order valence-corrected chi connectivity index (χ0v) is 11.6. The van der Waals surface area contributed by atoms with Crippen molar-refractivity contribution in [1.82, 2.24) is 9.78 Å². The van der Waals surface area contributed by atoms with Crippen LogP contribution in [0, 0.1) is 5.82 Å². The van der Waals surface area contributed by atoms with Gasteiger partial charge in [-0.25, -0.2) is 4.39 Å². The van der Waals surface area contributed by atoms with E-state index >= 15 is 0 Å². The molecule has 2 aromatic rings. The first kappa shape index (κ1) is 13.2.